The van der Waals surface area contributed by atoms with Gasteiger partial charge in [-0.1, -0.05) is 0 Å². The number of rotatable bonds is 3. The molecule has 0 spiro atoms. The zero-order valence-corrected chi connectivity index (χ0v) is 17.4. The van der Waals surface area contributed by atoms with E-state index >= 15 is 0 Å². The van der Waals surface area contributed by atoms with E-state index < -0.39 is 29.0 Å². The summed E-state index contributed by atoms with van der Waals surface area (Å²) in [6, 6.07) is 1.07. The first-order valence-corrected chi connectivity index (χ1v) is 9.29. The van der Waals surface area contributed by atoms with Crippen LogP contribution < -0.4 is 16.3 Å². The van der Waals surface area contributed by atoms with Gasteiger partial charge in [0, 0.05) is 32.4 Å². The smallest absolute Gasteiger partial charge is 0.408 e. The van der Waals surface area contributed by atoms with Gasteiger partial charge in [0.2, 0.25) is 5.91 Å². The number of hydrogen-bond donors (Lipinski definition) is 3. The Labute approximate surface area is 168 Å². The fourth-order valence-electron chi connectivity index (χ4n) is 2.75. The van der Waals surface area contributed by atoms with Crippen molar-refractivity contribution in [3.05, 3.63) is 22.7 Å². The lowest BCUT2D eigenvalue weighted by atomic mass is 10.0. The van der Waals surface area contributed by atoms with E-state index in [-0.39, 0.29) is 11.7 Å². The first kappa shape index (κ1) is 22.2. The van der Waals surface area contributed by atoms with E-state index in [1.807, 2.05) is 0 Å². The quantitative estimate of drug-likeness (QED) is 0.675. The van der Waals surface area contributed by atoms with E-state index in [0.29, 0.717) is 26.2 Å². The van der Waals surface area contributed by atoms with Gasteiger partial charge in [-0.05, 0) is 40.7 Å². The average Bonchev–Trinajstić information content (AvgIpc) is 2.59. The molecule has 11 nitrogen and oxygen atoms in total. The highest BCUT2D eigenvalue weighted by Crippen LogP contribution is 2.14. The first-order chi connectivity index (χ1) is 13.4. The maximum Gasteiger partial charge on any atom is 0.408 e. The molecule has 160 valence electrons. The Bertz CT molecular complexity index is 821. The lowest BCUT2D eigenvalue weighted by molar-refractivity contribution is -0.138. The van der Waals surface area contributed by atoms with Crippen LogP contribution in [0.3, 0.4) is 0 Å². The minimum atomic E-state index is -1.15. The molecule has 0 aromatic carbocycles. The molecule has 0 atom stereocenters. The Morgan fingerprint density at radius 2 is 1.66 bits per heavy atom. The van der Waals surface area contributed by atoms with Gasteiger partial charge < -0.3 is 24.8 Å². The van der Waals surface area contributed by atoms with Crippen LogP contribution in [-0.2, 0) is 9.53 Å². The number of aromatic amines is 1. The summed E-state index contributed by atoms with van der Waals surface area (Å²) in [5.74, 6) is -0.111. The number of amides is 4. The summed E-state index contributed by atoms with van der Waals surface area (Å²) in [7, 11) is 0. The number of anilines is 1. The molecule has 29 heavy (non-hydrogen) atoms. The van der Waals surface area contributed by atoms with Crippen molar-refractivity contribution in [1.29, 1.82) is 0 Å². The number of carbonyl (C=O) groups is 3. The predicted octanol–water partition coefficient (Wildman–Crippen LogP) is 0.749. The van der Waals surface area contributed by atoms with E-state index in [0.717, 1.165) is 0 Å². The van der Waals surface area contributed by atoms with Crippen LogP contribution >= 0.6 is 0 Å². The second-order valence-electron chi connectivity index (χ2n) is 8.24. The average molecular weight is 408 g/mol. The molecule has 1 aromatic rings. The van der Waals surface area contributed by atoms with Crippen molar-refractivity contribution in [3.8, 4) is 0 Å². The number of nitrogens with zero attached hydrogens (tertiary/aromatic N) is 3. The van der Waals surface area contributed by atoms with Crippen molar-refractivity contribution in [3.63, 3.8) is 0 Å². The molecular formula is C18H28N6O5. The van der Waals surface area contributed by atoms with Crippen LogP contribution in [-0.4, -0.2) is 75.1 Å². The maximum atomic E-state index is 12.8. The second kappa shape index (κ2) is 8.50. The molecule has 1 aromatic heterocycles. The Morgan fingerprint density at radius 3 is 2.21 bits per heavy atom. The molecule has 0 unspecified atom stereocenters. The van der Waals surface area contributed by atoms with Crippen LogP contribution in [0, 0.1) is 0 Å². The van der Waals surface area contributed by atoms with Gasteiger partial charge in [-0.2, -0.15) is 4.98 Å². The van der Waals surface area contributed by atoms with Gasteiger partial charge >= 0.3 is 17.8 Å². The number of hydrogen-bond acceptors (Lipinski definition) is 6. The molecule has 1 aliphatic rings. The number of urea groups is 1. The van der Waals surface area contributed by atoms with Gasteiger partial charge in [0.05, 0.1) is 0 Å². The van der Waals surface area contributed by atoms with E-state index in [4.69, 9.17) is 4.74 Å². The summed E-state index contributed by atoms with van der Waals surface area (Å²) >= 11 is 0. The molecule has 4 amide bonds. The molecular weight excluding hydrogens is 380 g/mol. The third-order valence-electron chi connectivity index (χ3n) is 4.11. The Hall–Kier alpha value is -3.11. The summed E-state index contributed by atoms with van der Waals surface area (Å²) in [6.07, 6.45) is 0.723. The lowest BCUT2D eigenvalue weighted by Crippen LogP contribution is -2.60. The van der Waals surface area contributed by atoms with Crippen LogP contribution in [0.1, 0.15) is 34.6 Å². The lowest BCUT2D eigenvalue weighted by Gasteiger charge is -2.38. The van der Waals surface area contributed by atoms with Crippen molar-refractivity contribution in [2.24, 2.45) is 0 Å². The monoisotopic (exact) mass is 408 g/mol. The summed E-state index contributed by atoms with van der Waals surface area (Å²) in [6.45, 7) is 9.69. The van der Waals surface area contributed by atoms with E-state index in [9.17, 15) is 19.2 Å². The number of piperazine rings is 1. The summed E-state index contributed by atoms with van der Waals surface area (Å²) < 4.78 is 5.21. The normalized spacial score (nSPS) is 14.9. The number of ether oxygens (including phenoxy) is 1. The summed E-state index contributed by atoms with van der Waals surface area (Å²) in [4.78, 5) is 57.5. The van der Waals surface area contributed by atoms with Crippen LogP contribution in [0.5, 0.6) is 0 Å². The fraction of sp³-hybridized carbons (Fsp3) is 0.611. The van der Waals surface area contributed by atoms with E-state index in [1.165, 1.54) is 17.2 Å². The molecule has 3 N–H and O–H groups in total. The van der Waals surface area contributed by atoms with Crippen LogP contribution in [0.15, 0.2) is 17.1 Å². The van der Waals surface area contributed by atoms with Gasteiger partial charge in [0.1, 0.15) is 17.0 Å². The third-order valence-corrected chi connectivity index (χ3v) is 4.11. The van der Waals surface area contributed by atoms with Crippen LogP contribution in [0.2, 0.25) is 0 Å². The highest BCUT2D eigenvalue weighted by Gasteiger charge is 2.36. The van der Waals surface area contributed by atoms with Gasteiger partial charge in [-0.3, -0.25) is 10.1 Å². The largest absolute Gasteiger partial charge is 0.444 e. The minimum absolute atomic E-state index is 0.153. The van der Waals surface area contributed by atoms with Gasteiger partial charge in [0.15, 0.2) is 0 Å². The van der Waals surface area contributed by atoms with Crippen molar-refractivity contribution < 1.29 is 19.1 Å². The highest BCUT2D eigenvalue weighted by atomic mass is 16.6. The van der Waals surface area contributed by atoms with E-state index in [1.54, 1.807) is 39.5 Å². The summed E-state index contributed by atoms with van der Waals surface area (Å²) in [5.41, 5.74) is -2.37. The second-order valence-corrected chi connectivity index (χ2v) is 8.24. The molecule has 1 saturated heterocycles. The zero-order valence-electron chi connectivity index (χ0n) is 17.4. The third kappa shape index (κ3) is 6.47. The van der Waals surface area contributed by atoms with Crippen LogP contribution in [0.25, 0.3) is 0 Å². The Kier molecular flexibility index (Phi) is 6.50. The molecule has 2 rings (SSSR count). The fourth-order valence-corrected chi connectivity index (χ4v) is 2.75. The van der Waals surface area contributed by atoms with Crippen molar-refractivity contribution in [2.75, 3.05) is 31.5 Å². The molecule has 0 bridgehead atoms. The molecule has 0 aliphatic carbocycles. The van der Waals surface area contributed by atoms with Crippen LogP contribution in [0.4, 0.5) is 15.4 Å². The molecule has 0 saturated carbocycles. The number of alkyl carbamates (subject to hydrolysis) is 1. The number of aromatic nitrogens is 2. The predicted molar refractivity (Wildman–Crippen MR) is 105 cm³/mol. The van der Waals surface area contributed by atoms with Gasteiger partial charge in [-0.15, -0.1) is 0 Å². The Balaban J connectivity index is 1.88. The SMILES string of the molecule is CC(C)(C)OC(=O)NC(C)(C)C(=O)N1CCN(C(=O)Nc2cc[nH]c(=O)n2)CC1. The maximum absolute atomic E-state index is 12.8. The van der Waals surface area contributed by atoms with Gasteiger partial charge in [0.25, 0.3) is 0 Å². The van der Waals surface area contributed by atoms with Gasteiger partial charge in [-0.25, -0.2) is 14.4 Å². The standard InChI is InChI=1S/C18H28N6O5/c1-17(2,3)29-16(28)22-18(4,5)13(25)23-8-10-24(11-9-23)15(27)21-12-6-7-19-14(26)20-12/h6-7H,8-11H2,1-5H3,(H,22,28)(H2,19,20,21,26,27). The highest BCUT2D eigenvalue weighted by molar-refractivity contribution is 5.90. The molecule has 11 heteroatoms. The van der Waals surface area contributed by atoms with Crippen molar-refractivity contribution in [2.45, 2.75) is 45.8 Å². The first-order valence-electron chi connectivity index (χ1n) is 9.29. The summed E-state index contributed by atoms with van der Waals surface area (Å²) in [5, 5.41) is 5.15. The molecule has 1 aliphatic heterocycles. The van der Waals surface area contributed by atoms with Crippen molar-refractivity contribution in [1.82, 2.24) is 25.1 Å². The molecule has 1 fully saturated rings. The minimum Gasteiger partial charge on any atom is -0.444 e. The zero-order chi connectivity index (χ0) is 21.8. The topological polar surface area (TPSA) is 137 Å². The molecule has 2 heterocycles. The number of H-pyrrole nitrogens is 1. The Morgan fingerprint density at radius 1 is 1.07 bits per heavy atom. The van der Waals surface area contributed by atoms with Crippen molar-refractivity contribution >= 4 is 23.8 Å². The number of carbonyl (C=O) groups excluding carboxylic acids is 3. The molecule has 0 radical (unpaired) electrons. The number of nitrogens with one attached hydrogen (secondary N) is 3. The van der Waals surface area contributed by atoms with E-state index in [2.05, 4.69) is 20.6 Å².